The van der Waals surface area contributed by atoms with Crippen LogP contribution in [-0.4, -0.2) is 55.5 Å². The number of amides is 3. The van der Waals surface area contributed by atoms with E-state index in [4.69, 9.17) is 4.74 Å². The number of carbonyl (C=O) groups excluding carboxylic acids is 3. The molecule has 8 nitrogen and oxygen atoms in total. The summed E-state index contributed by atoms with van der Waals surface area (Å²) in [7, 11) is 0. The molecule has 1 heterocycles. The highest BCUT2D eigenvalue weighted by atomic mass is 16.5. The average molecular weight is 439 g/mol. The molecule has 0 radical (unpaired) electrons. The van der Waals surface area contributed by atoms with Crippen LogP contribution in [0, 0.1) is 0 Å². The highest BCUT2D eigenvalue weighted by molar-refractivity contribution is 5.87. The van der Waals surface area contributed by atoms with Gasteiger partial charge in [0.05, 0.1) is 12.6 Å². The summed E-state index contributed by atoms with van der Waals surface area (Å²) in [6.45, 7) is 2.21. The minimum atomic E-state index is -0.690. The van der Waals surface area contributed by atoms with E-state index >= 15 is 0 Å². The Hall–Kier alpha value is -3.39. The van der Waals surface area contributed by atoms with Crippen LogP contribution in [0.5, 0.6) is 0 Å². The van der Waals surface area contributed by atoms with Gasteiger partial charge in [-0.3, -0.25) is 14.5 Å². The smallest absolute Gasteiger partial charge is 0.407 e. The third-order valence-corrected chi connectivity index (χ3v) is 5.31. The second-order valence-electron chi connectivity index (χ2n) is 7.67. The quantitative estimate of drug-likeness (QED) is 0.527. The van der Waals surface area contributed by atoms with E-state index in [0.29, 0.717) is 6.54 Å². The average Bonchev–Trinajstić information content (AvgIpc) is 3.36. The summed E-state index contributed by atoms with van der Waals surface area (Å²) in [5.74, 6) is -0.735. The number of nitrogens with one attached hydrogen (secondary N) is 3. The molecule has 1 aliphatic heterocycles. The van der Waals surface area contributed by atoms with Gasteiger partial charge in [-0.2, -0.15) is 0 Å². The van der Waals surface area contributed by atoms with Crippen molar-refractivity contribution in [2.45, 2.75) is 25.5 Å². The number of hydrogen-bond donors (Lipinski definition) is 3. The van der Waals surface area contributed by atoms with E-state index in [2.05, 4.69) is 33.0 Å². The lowest BCUT2D eigenvalue weighted by Crippen LogP contribution is -2.44. The number of hydrogen-bond acceptors (Lipinski definition) is 5. The summed E-state index contributed by atoms with van der Waals surface area (Å²) in [6.07, 6.45) is 1.63. The fourth-order valence-corrected chi connectivity index (χ4v) is 3.63. The van der Waals surface area contributed by atoms with Crippen LogP contribution in [0.25, 0.3) is 0 Å². The van der Waals surface area contributed by atoms with E-state index in [-0.39, 0.29) is 31.6 Å². The minimum absolute atomic E-state index is 0.111. The van der Waals surface area contributed by atoms with E-state index < -0.39 is 12.0 Å². The topological polar surface area (TPSA) is 99.8 Å². The van der Waals surface area contributed by atoms with Gasteiger partial charge in [0, 0.05) is 6.54 Å². The number of alkyl carbamates (subject to hydrolysis) is 1. The summed E-state index contributed by atoms with van der Waals surface area (Å²) in [6, 6.07) is 19.5. The SMILES string of the molecule is O=C(CNC(=O)CNC(=O)OCc1ccccc1)NCC(c1ccccc1)N1CCCC1. The molecule has 3 rings (SSSR count). The Morgan fingerprint density at radius 1 is 0.812 bits per heavy atom. The maximum absolute atomic E-state index is 12.2. The molecule has 1 unspecified atom stereocenters. The molecule has 1 atom stereocenters. The third kappa shape index (κ3) is 7.70. The Balaban J connectivity index is 1.34. The molecule has 8 heteroatoms. The lowest BCUT2D eigenvalue weighted by Gasteiger charge is -2.28. The summed E-state index contributed by atoms with van der Waals surface area (Å²) < 4.78 is 5.05. The lowest BCUT2D eigenvalue weighted by molar-refractivity contribution is -0.125. The van der Waals surface area contributed by atoms with E-state index in [1.54, 1.807) is 0 Å². The van der Waals surface area contributed by atoms with Gasteiger partial charge < -0.3 is 20.7 Å². The number of nitrogens with zero attached hydrogens (tertiary/aromatic N) is 1. The molecule has 0 aliphatic carbocycles. The highest BCUT2D eigenvalue weighted by Crippen LogP contribution is 2.24. The molecule has 32 heavy (non-hydrogen) atoms. The van der Waals surface area contributed by atoms with Crippen molar-refractivity contribution in [2.24, 2.45) is 0 Å². The molecule has 2 aromatic carbocycles. The van der Waals surface area contributed by atoms with Gasteiger partial charge in [0.2, 0.25) is 11.8 Å². The molecule has 0 saturated carbocycles. The van der Waals surface area contributed by atoms with Crippen molar-refractivity contribution >= 4 is 17.9 Å². The van der Waals surface area contributed by atoms with Gasteiger partial charge >= 0.3 is 6.09 Å². The monoisotopic (exact) mass is 438 g/mol. The van der Waals surface area contributed by atoms with E-state index in [9.17, 15) is 14.4 Å². The number of carbonyl (C=O) groups is 3. The van der Waals surface area contributed by atoms with E-state index in [1.165, 1.54) is 0 Å². The molecular weight excluding hydrogens is 408 g/mol. The largest absolute Gasteiger partial charge is 0.445 e. The van der Waals surface area contributed by atoms with Crippen molar-refractivity contribution in [2.75, 3.05) is 32.7 Å². The summed E-state index contributed by atoms with van der Waals surface area (Å²) in [5.41, 5.74) is 2.02. The Morgan fingerprint density at radius 2 is 1.41 bits per heavy atom. The first-order valence-electron chi connectivity index (χ1n) is 10.9. The second-order valence-corrected chi connectivity index (χ2v) is 7.67. The second kappa shape index (κ2) is 12.5. The van der Waals surface area contributed by atoms with Crippen LogP contribution in [0.1, 0.15) is 30.0 Å². The summed E-state index contributed by atoms with van der Waals surface area (Å²) in [4.78, 5) is 38.2. The zero-order chi connectivity index (χ0) is 22.6. The molecule has 2 aromatic rings. The van der Waals surface area contributed by atoms with Crippen molar-refractivity contribution in [3.63, 3.8) is 0 Å². The van der Waals surface area contributed by atoms with Crippen LogP contribution in [0.4, 0.5) is 4.79 Å². The van der Waals surface area contributed by atoms with Gasteiger partial charge in [-0.25, -0.2) is 4.79 Å². The Morgan fingerprint density at radius 3 is 2.09 bits per heavy atom. The van der Waals surface area contributed by atoms with Crippen LogP contribution in [0.2, 0.25) is 0 Å². The van der Waals surface area contributed by atoms with E-state index in [1.807, 2.05) is 48.5 Å². The summed E-state index contributed by atoms with van der Waals surface area (Å²) in [5, 5.41) is 7.79. The number of rotatable bonds is 10. The van der Waals surface area contributed by atoms with Crippen LogP contribution in [0.15, 0.2) is 60.7 Å². The van der Waals surface area contributed by atoms with Crippen molar-refractivity contribution in [3.05, 3.63) is 71.8 Å². The normalized spacial score (nSPS) is 14.4. The zero-order valence-corrected chi connectivity index (χ0v) is 18.1. The predicted molar refractivity (Wildman–Crippen MR) is 121 cm³/mol. The first-order chi connectivity index (χ1) is 15.6. The van der Waals surface area contributed by atoms with Crippen molar-refractivity contribution < 1.29 is 19.1 Å². The molecule has 170 valence electrons. The van der Waals surface area contributed by atoms with Gasteiger partial charge in [-0.05, 0) is 37.1 Å². The van der Waals surface area contributed by atoms with Crippen LogP contribution in [-0.2, 0) is 20.9 Å². The molecular formula is C24H30N4O4. The van der Waals surface area contributed by atoms with Crippen LogP contribution in [0.3, 0.4) is 0 Å². The molecule has 1 saturated heterocycles. The number of ether oxygens (including phenoxy) is 1. The van der Waals surface area contributed by atoms with E-state index in [0.717, 1.165) is 37.1 Å². The van der Waals surface area contributed by atoms with Gasteiger partial charge in [0.15, 0.2) is 0 Å². The molecule has 1 fully saturated rings. The van der Waals surface area contributed by atoms with Gasteiger partial charge in [0.25, 0.3) is 0 Å². The first-order valence-corrected chi connectivity index (χ1v) is 10.9. The standard InChI is InChI=1S/C24H30N4O4/c29-22(25-15-21(28-13-7-8-14-28)20-11-5-2-6-12-20)16-26-23(30)17-27-24(31)32-18-19-9-3-1-4-10-19/h1-6,9-12,21H,7-8,13-18H2,(H,25,29)(H,26,30)(H,27,31). The van der Waals surface area contributed by atoms with Crippen molar-refractivity contribution in [1.29, 1.82) is 0 Å². The van der Waals surface area contributed by atoms with Crippen LogP contribution < -0.4 is 16.0 Å². The maximum Gasteiger partial charge on any atom is 0.407 e. The Kier molecular flexibility index (Phi) is 9.06. The number of likely N-dealkylation sites (tertiary alicyclic amines) is 1. The Labute approximate surface area is 188 Å². The fourth-order valence-electron chi connectivity index (χ4n) is 3.63. The molecule has 3 N–H and O–H groups in total. The zero-order valence-electron chi connectivity index (χ0n) is 18.1. The van der Waals surface area contributed by atoms with Crippen molar-refractivity contribution in [1.82, 2.24) is 20.9 Å². The van der Waals surface area contributed by atoms with Gasteiger partial charge in [-0.1, -0.05) is 60.7 Å². The maximum atomic E-state index is 12.2. The summed E-state index contributed by atoms with van der Waals surface area (Å²) >= 11 is 0. The molecule has 0 bridgehead atoms. The first kappa shape index (κ1) is 23.3. The lowest BCUT2D eigenvalue weighted by atomic mass is 10.1. The fraction of sp³-hybridized carbons (Fsp3) is 0.375. The molecule has 0 spiro atoms. The molecule has 3 amide bonds. The minimum Gasteiger partial charge on any atom is -0.445 e. The number of benzene rings is 2. The third-order valence-electron chi connectivity index (χ3n) is 5.31. The van der Waals surface area contributed by atoms with Crippen LogP contribution >= 0.6 is 0 Å². The van der Waals surface area contributed by atoms with Gasteiger partial charge in [-0.15, -0.1) is 0 Å². The molecule has 0 aromatic heterocycles. The predicted octanol–water partition coefficient (Wildman–Crippen LogP) is 1.98. The van der Waals surface area contributed by atoms with Crippen molar-refractivity contribution in [3.8, 4) is 0 Å². The van der Waals surface area contributed by atoms with Gasteiger partial charge in [0.1, 0.15) is 13.2 Å². The highest BCUT2D eigenvalue weighted by Gasteiger charge is 2.23. The Bertz CT molecular complexity index is 870. The molecule has 1 aliphatic rings.